The minimum atomic E-state index is 0.00112. The van der Waals surface area contributed by atoms with Crippen LogP contribution in [0.3, 0.4) is 0 Å². The number of likely N-dealkylation sites (tertiary alicyclic amines) is 1. The topological polar surface area (TPSA) is 32.3 Å². The van der Waals surface area contributed by atoms with Gasteiger partial charge in [0.1, 0.15) is 0 Å². The van der Waals surface area contributed by atoms with Crippen LogP contribution in [0.15, 0.2) is 47.6 Å². The zero-order chi connectivity index (χ0) is 22.2. The second-order valence-electron chi connectivity index (χ2n) is 9.42. The molecule has 0 aliphatic carbocycles. The number of nitrogens with one attached hydrogen (secondary N) is 1. The van der Waals surface area contributed by atoms with Gasteiger partial charge < -0.3 is 10.2 Å². The largest absolute Gasteiger partial charge is 0.351 e. The van der Waals surface area contributed by atoms with Crippen molar-refractivity contribution in [3.05, 3.63) is 47.6 Å². The van der Waals surface area contributed by atoms with Crippen LogP contribution in [-0.2, 0) is 4.79 Å². The Bertz CT molecular complexity index is 592. The summed E-state index contributed by atoms with van der Waals surface area (Å²) in [5.74, 6) is 1.57. The summed E-state index contributed by atoms with van der Waals surface area (Å²) in [6, 6.07) is 0. The Hall–Kier alpha value is -1.61. The second kappa shape index (κ2) is 16.1. The molecule has 1 amide bonds. The number of hydrogen-bond donors (Lipinski definition) is 1. The van der Waals surface area contributed by atoms with Gasteiger partial charge in [0.25, 0.3) is 0 Å². The Morgan fingerprint density at radius 1 is 1.00 bits per heavy atom. The fourth-order valence-electron chi connectivity index (χ4n) is 3.71. The quantitative estimate of drug-likeness (QED) is 0.277. The van der Waals surface area contributed by atoms with Crippen LogP contribution in [0.1, 0.15) is 79.6 Å². The Labute approximate surface area is 186 Å². The summed E-state index contributed by atoms with van der Waals surface area (Å²) in [5.41, 5.74) is 2.21. The Balaban J connectivity index is 2.26. The first-order chi connectivity index (χ1) is 14.4. The van der Waals surface area contributed by atoms with E-state index in [-0.39, 0.29) is 5.91 Å². The average molecular weight is 415 g/mol. The minimum absolute atomic E-state index is 0.00112. The van der Waals surface area contributed by atoms with Gasteiger partial charge in [-0.3, -0.25) is 4.79 Å². The van der Waals surface area contributed by atoms with Crippen molar-refractivity contribution in [3.8, 4) is 0 Å². The van der Waals surface area contributed by atoms with Gasteiger partial charge in [-0.2, -0.15) is 0 Å². The van der Waals surface area contributed by atoms with E-state index in [1.165, 1.54) is 57.2 Å². The lowest BCUT2D eigenvalue weighted by atomic mass is 9.97. The smallest absolute Gasteiger partial charge is 0.244 e. The van der Waals surface area contributed by atoms with Crippen LogP contribution in [0, 0.1) is 11.8 Å². The molecule has 0 aromatic heterocycles. The molecule has 3 heteroatoms. The monoisotopic (exact) mass is 414 g/mol. The molecule has 1 fully saturated rings. The number of allylic oxidation sites excluding steroid dienone is 7. The van der Waals surface area contributed by atoms with Crippen molar-refractivity contribution in [3.63, 3.8) is 0 Å². The molecule has 1 aliphatic heterocycles. The zero-order valence-corrected chi connectivity index (χ0v) is 20.3. The molecule has 1 N–H and O–H groups in total. The first-order valence-corrected chi connectivity index (χ1v) is 12.1. The number of piperidine rings is 1. The van der Waals surface area contributed by atoms with Gasteiger partial charge in [-0.05, 0) is 63.6 Å². The predicted molar refractivity (Wildman–Crippen MR) is 132 cm³/mol. The molecule has 30 heavy (non-hydrogen) atoms. The molecule has 0 saturated carbocycles. The highest BCUT2D eigenvalue weighted by atomic mass is 16.1. The Morgan fingerprint density at radius 2 is 1.73 bits per heavy atom. The Kier molecular flexibility index (Phi) is 14.2. The van der Waals surface area contributed by atoms with E-state index in [9.17, 15) is 4.79 Å². The molecule has 1 heterocycles. The number of rotatable bonds is 13. The van der Waals surface area contributed by atoms with E-state index in [1.807, 2.05) is 19.1 Å². The van der Waals surface area contributed by atoms with Gasteiger partial charge in [-0.1, -0.05) is 82.4 Å². The van der Waals surface area contributed by atoms with Crippen LogP contribution in [-0.4, -0.2) is 37.0 Å². The van der Waals surface area contributed by atoms with Crippen molar-refractivity contribution in [2.75, 3.05) is 26.2 Å². The highest BCUT2D eigenvalue weighted by Crippen LogP contribution is 2.16. The van der Waals surface area contributed by atoms with E-state index in [0.717, 1.165) is 36.9 Å². The van der Waals surface area contributed by atoms with Crippen LogP contribution in [0.2, 0.25) is 0 Å². The van der Waals surface area contributed by atoms with Gasteiger partial charge in [0.15, 0.2) is 0 Å². The van der Waals surface area contributed by atoms with Crippen molar-refractivity contribution in [2.45, 2.75) is 79.6 Å². The van der Waals surface area contributed by atoms with Crippen LogP contribution >= 0.6 is 0 Å². The lowest BCUT2D eigenvalue weighted by Gasteiger charge is -2.26. The third kappa shape index (κ3) is 14.4. The highest BCUT2D eigenvalue weighted by molar-refractivity contribution is 5.88. The zero-order valence-electron chi connectivity index (χ0n) is 20.3. The fourth-order valence-corrected chi connectivity index (χ4v) is 3.71. The van der Waals surface area contributed by atoms with Gasteiger partial charge in [-0.25, -0.2) is 0 Å². The van der Waals surface area contributed by atoms with Gasteiger partial charge in [0.2, 0.25) is 5.91 Å². The molecule has 0 aromatic rings. The molecule has 1 saturated heterocycles. The van der Waals surface area contributed by atoms with Gasteiger partial charge in [0, 0.05) is 19.2 Å². The summed E-state index contributed by atoms with van der Waals surface area (Å²) < 4.78 is 0. The summed E-state index contributed by atoms with van der Waals surface area (Å²) in [4.78, 5) is 14.5. The maximum Gasteiger partial charge on any atom is 0.244 e. The SMILES string of the molecule is CC(/C=C/CC(C)CCCC(C)C)=C\C=C\C(C)=C\C(=O)NCCN1CCCCC1. The normalized spacial score (nSPS) is 17.9. The van der Waals surface area contributed by atoms with Gasteiger partial charge in [0.05, 0.1) is 0 Å². The van der Waals surface area contributed by atoms with Crippen molar-refractivity contribution >= 4 is 5.91 Å². The summed E-state index contributed by atoms with van der Waals surface area (Å²) in [6.45, 7) is 15.1. The summed E-state index contributed by atoms with van der Waals surface area (Å²) in [5, 5.41) is 3.00. The Morgan fingerprint density at radius 3 is 2.43 bits per heavy atom. The van der Waals surface area contributed by atoms with E-state index < -0.39 is 0 Å². The number of hydrogen-bond acceptors (Lipinski definition) is 2. The molecule has 0 radical (unpaired) electrons. The first kappa shape index (κ1) is 26.4. The minimum Gasteiger partial charge on any atom is -0.351 e. The second-order valence-corrected chi connectivity index (χ2v) is 9.42. The molecule has 1 unspecified atom stereocenters. The molecule has 0 spiro atoms. The standard InChI is InChI=1S/C27H46N2O/c1-23(2)12-9-13-24(3)14-10-15-25(4)16-11-17-26(5)22-27(30)28-18-21-29-19-7-6-8-20-29/h10-11,15-17,22-24H,6-9,12-14,18-21H2,1-5H3,(H,28,30)/b15-10+,17-11+,25-16+,26-22+. The number of nitrogens with zero attached hydrogens (tertiary/aromatic N) is 1. The lowest BCUT2D eigenvalue weighted by Crippen LogP contribution is -2.37. The first-order valence-electron chi connectivity index (χ1n) is 12.1. The van der Waals surface area contributed by atoms with E-state index in [1.54, 1.807) is 6.08 Å². The van der Waals surface area contributed by atoms with Crippen LogP contribution in [0.5, 0.6) is 0 Å². The van der Waals surface area contributed by atoms with E-state index >= 15 is 0 Å². The molecule has 0 aromatic carbocycles. The van der Waals surface area contributed by atoms with Crippen LogP contribution in [0.4, 0.5) is 0 Å². The molecule has 170 valence electrons. The van der Waals surface area contributed by atoms with E-state index in [2.05, 4.69) is 56.1 Å². The van der Waals surface area contributed by atoms with Crippen molar-refractivity contribution in [1.29, 1.82) is 0 Å². The van der Waals surface area contributed by atoms with Crippen LogP contribution in [0.25, 0.3) is 0 Å². The molecule has 0 bridgehead atoms. The molecule has 3 nitrogen and oxygen atoms in total. The summed E-state index contributed by atoms with van der Waals surface area (Å²) >= 11 is 0. The summed E-state index contributed by atoms with van der Waals surface area (Å²) in [6.07, 6.45) is 21.4. The van der Waals surface area contributed by atoms with Gasteiger partial charge in [-0.15, -0.1) is 0 Å². The van der Waals surface area contributed by atoms with E-state index in [4.69, 9.17) is 0 Å². The maximum absolute atomic E-state index is 12.0. The number of carbonyl (C=O) groups is 1. The average Bonchev–Trinajstić information content (AvgIpc) is 2.68. The van der Waals surface area contributed by atoms with Gasteiger partial charge >= 0.3 is 0 Å². The van der Waals surface area contributed by atoms with Crippen molar-refractivity contribution in [2.24, 2.45) is 11.8 Å². The van der Waals surface area contributed by atoms with Crippen molar-refractivity contribution in [1.82, 2.24) is 10.2 Å². The van der Waals surface area contributed by atoms with Crippen LogP contribution < -0.4 is 5.32 Å². The molecule has 1 rings (SSSR count). The number of amides is 1. The fraction of sp³-hybridized carbons (Fsp3) is 0.667. The maximum atomic E-state index is 12.0. The van der Waals surface area contributed by atoms with Crippen molar-refractivity contribution < 1.29 is 4.79 Å². The molecular weight excluding hydrogens is 368 g/mol. The molecular formula is C27H46N2O. The predicted octanol–water partition coefficient (Wildman–Crippen LogP) is 6.45. The summed E-state index contributed by atoms with van der Waals surface area (Å²) in [7, 11) is 0. The molecule has 1 atom stereocenters. The number of carbonyl (C=O) groups excluding carboxylic acids is 1. The molecule has 1 aliphatic rings. The lowest BCUT2D eigenvalue weighted by molar-refractivity contribution is -0.116. The third-order valence-electron chi connectivity index (χ3n) is 5.65. The highest BCUT2D eigenvalue weighted by Gasteiger charge is 2.09. The third-order valence-corrected chi connectivity index (χ3v) is 5.65. The van der Waals surface area contributed by atoms with E-state index in [0.29, 0.717) is 0 Å².